The molecule has 0 saturated heterocycles. The van der Waals surface area contributed by atoms with E-state index >= 15 is 0 Å². The van der Waals surface area contributed by atoms with Gasteiger partial charge in [-0.1, -0.05) is 0 Å². The third kappa shape index (κ3) is 12.5. The lowest BCUT2D eigenvalue weighted by atomic mass is 10.4. The van der Waals surface area contributed by atoms with Crippen LogP contribution in [0.5, 0.6) is 0 Å². The molecule has 0 spiro atoms. The molecule has 9 N–H and O–H groups in total. The van der Waals surface area contributed by atoms with Crippen LogP contribution in [0.3, 0.4) is 0 Å². The highest BCUT2D eigenvalue weighted by atomic mass is 31.3. The standard InChI is InChI=1S/C20H25N10O22P5/c21-17-15-19(25-7-23-17)29(9-27-15)13(3-33)47-11(1-31)5-45-53(35,36)49-55(39,40)51-57(43,44)52-56(41,42)50-54(37,38)46-6-12(2-32)48-14(4-34)30-10-28-16-18(22)24-8-26-20(16)30/h1-4,7-14H,5-6H2,(H,35,36)(H,37,38)(H,39,40)(H,41,42)(H,43,44)(H2,21,23,25)(H2,22,24,26)/t11-,12+,13+,14-. The summed E-state index contributed by atoms with van der Waals surface area (Å²) >= 11 is 0. The number of hydrogen-bond donors (Lipinski definition) is 7. The van der Waals surface area contributed by atoms with Crippen LogP contribution in [0.25, 0.3) is 22.3 Å². The summed E-state index contributed by atoms with van der Waals surface area (Å²) < 4.78 is 97.0. The quantitative estimate of drug-likeness (QED) is 0.0327. The van der Waals surface area contributed by atoms with Crippen molar-refractivity contribution < 1.29 is 102 Å². The van der Waals surface area contributed by atoms with Gasteiger partial charge in [0, 0.05) is 0 Å². The molecule has 0 radical (unpaired) electrons. The number of imidazole rings is 2. The fraction of sp³-hybridized carbons (Fsp3) is 0.300. The van der Waals surface area contributed by atoms with Crippen LogP contribution in [0.1, 0.15) is 12.5 Å². The highest BCUT2D eigenvalue weighted by molar-refractivity contribution is 7.71. The van der Waals surface area contributed by atoms with E-state index in [-0.39, 0.29) is 59.1 Å². The maximum atomic E-state index is 12.3. The molecule has 0 bridgehead atoms. The molecule has 4 rings (SSSR count). The molecule has 5 unspecified atom stereocenters. The molecule has 0 fully saturated rings. The number of anilines is 2. The Bertz CT molecular complexity index is 2220. The first-order valence-electron chi connectivity index (χ1n) is 14.3. The first kappa shape index (κ1) is 45.7. The number of nitrogen functional groups attached to an aromatic ring is 2. The average Bonchev–Trinajstić information content (AvgIpc) is 3.73. The zero-order valence-corrected chi connectivity index (χ0v) is 32.0. The van der Waals surface area contributed by atoms with Crippen molar-refractivity contribution >= 4 is 98.2 Å². The second-order valence-corrected chi connectivity index (χ2v) is 17.9. The lowest BCUT2D eigenvalue weighted by molar-refractivity contribution is -0.140. The summed E-state index contributed by atoms with van der Waals surface area (Å²) in [4.78, 5) is 118. The number of rotatable bonds is 24. The van der Waals surface area contributed by atoms with Gasteiger partial charge in [0.15, 0.2) is 60.5 Å². The number of hydrogen-bond acceptors (Lipinski definition) is 25. The summed E-state index contributed by atoms with van der Waals surface area (Å²) in [6.45, 7) is -2.64. The smallest absolute Gasteiger partial charge is 0.382 e. The molecule has 312 valence electrons. The van der Waals surface area contributed by atoms with E-state index in [0.29, 0.717) is 0 Å². The van der Waals surface area contributed by atoms with Gasteiger partial charge in [-0.25, -0.2) is 52.7 Å². The van der Waals surface area contributed by atoms with Crippen LogP contribution >= 0.6 is 39.1 Å². The van der Waals surface area contributed by atoms with Crippen LogP contribution in [0.2, 0.25) is 0 Å². The second kappa shape index (κ2) is 18.3. The van der Waals surface area contributed by atoms with Crippen LogP contribution in [-0.4, -0.2) is 114 Å². The van der Waals surface area contributed by atoms with E-state index < -0.39 is 77.0 Å². The number of phosphoric ester groups is 2. The maximum Gasteiger partial charge on any atom is 0.490 e. The molecule has 32 nitrogen and oxygen atoms in total. The van der Waals surface area contributed by atoms with Crippen LogP contribution < -0.4 is 11.5 Å². The molecular weight excluding hydrogens is 887 g/mol. The van der Waals surface area contributed by atoms with Gasteiger partial charge in [-0.05, 0) is 0 Å². The summed E-state index contributed by atoms with van der Waals surface area (Å²) in [5, 5.41) is 0. The number of nitrogens with zero attached hydrogens (tertiary/aromatic N) is 8. The fourth-order valence-corrected chi connectivity index (χ4v) is 10.4. The molecule has 0 aliphatic rings. The number of fused-ring (bicyclic) bond motifs is 2. The summed E-state index contributed by atoms with van der Waals surface area (Å²) in [6, 6.07) is 0. The summed E-state index contributed by atoms with van der Waals surface area (Å²) in [7, 11) is -31.1. The Morgan fingerprint density at radius 2 is 0.877 bits per heavy atom. The van der Waals surface area contributed by atoms with Crippen molar-refractivity contribution in [2.24, 2.45) is 0 Å². The van der Waals surface area contributed by atoms with Gasteiger partial charge in [0.05, 0.1) is 25.9 Å². The van der Waals surface area contributed by atoms with Gasteiger partial charge in [0.2, 0.25) is 0 Å². The third-order valence-corrected chi connectivity index (χ3v) is 13.7. The van der Waals surface area contributed by atoms with Gasteiger partial charge in [0.1, 0.15) is 35.9 Å². The Morgan fingerprint density at radius 1 is 0.544 bits per heavy atom. The molecule has 4 heterocycles. The Hall–Kier alpha value is -3.99. The Labute approximate surface area is 314 Å². The number of aldehydes is 4. The van der Waals surface area contributed by atoms with Crippen LogP contribution in [0.15, 0.2) is 25.3 Å². The topological polar surface area (TPSA) is 468 Å². The molecule has 0 aromatic carbocycles. The fourth-order valence-electron chi connectivity index (χ4n) is 3.97. The van der Waals surface area contributed by atoms with Crippen LogP contribution in [0, 0.1) is 0 Å². The monoisotopic (exact) mass is 912 g/mol. The molecule has 4 aromatic heterocycles. The Balaban J connectivity index is 1.30. The first-order chi connectivity index (χ1) is 26.5. The first-order valence-corrected chi connectivity index (χ1v) is 21.8. The SMILES string of the molecule is Nc1ncnc2c1ncn2[C@H](C=O)O[C@H](C=O)COP(=O)(O)OP(=O)(O)OP(=O)(O)OP(=O)(O)OP(=O)(O)OC[C@H](C=O)O[C@H](C=O)n1cnc2c(N)ncnc21. The van der Waals surface area contributed by atoms with E-state index in [1.807, 2.05) is 0 Å². The van der Waals surface area contributed by atoms with E-state index in [9.17, 15) is 66.5 Å². The van der Waals surface area contributed by atoms with E-state index in [4.69, 9.17) is 20.9 Å². The number of phosphoric acid groups is 5. The summed E-state index contributed by atoms with van der Waals surface area (Å²) in [6.07, 6.45) is -3.08. The van der Waals surface area contributed by atoms with Crippen molar-refractivity contribution in [3.05, 3.63) is 25.3 Å². The summed E-state index contributed by atoms with van der Waals surface area (Å²) in [5.41, 5.74) is 11.3. The van der Waals surface area contributed by atoms with Gasteiger partial charge in [-0.2, -0.15) is 17.2 Å². The third-order valence-electron chi connectivity index (χ3n) is 6.12. The van der Waals surface area contributed by atoms with Gasteiger partial charge < -0.3 is 55.0 Å². The van der Waals surface area contributed by atoms with Gasteiger partial charge >= 0.3 is 39.1 Å². The average molecular weight is 912 g/mol. The number of nitrogens with two attached hydrogens (primary N) is 2. The molecule has 0 saturated carbocycles. The minimum absolute atomic E-state index is 0.0236. The van der Waals surface area contributed by atoms with E-state index in [2.05, 4.69) is 56.2 Å². The van der Waals surface area contributed by atoms with E-state index in [1.165, 1.54) is 0 Å². The molecule has 57 heavy (non-hydrogen) atoms. The van der Waals surface area contributed by atoms with E-state index in [0.717, 1.165) is 34.4 Å². The normalized spacial score (nSPS) is 19.5. The Kier molecular flexibility index (Phi) is 14.7. The minimum atomic E-state index is -6.49. The highest BCUT2D eigenvalue weighted by Crippen LogP contribution is 2.73. The molecule has 0 aliphatic carbocycles. The lowest BCUT2D eigenvalue weighted by Gasteiger charge is -2.22. The highest BCUT2D eigenvalue weighted by Gasteiger charge is 2.48. The van der Waals surface area contributed by atoms with Crippen molar-refractivity contribution in [3.63, 3.8) is 0 Å². The number of ether oxygens (including phenoxy) is 2. The molecular formula is C20H25N10O22P5. The predicted molar refractivity (Wildman–Crippen MR) is 177 cm³/mol. The van der Waals surface area contributed by atoms with Gasteiger partial charge in [0.25, 0.3) is 0 Å². The Morgan fingerprint density at radius 3 is 1.19 bits per heavy atom. The largest absolute Gasteiger partial charge is 0.490 e. The van der Waals surface area contributed by atoms with Crippen molar-refractivity contribution in [1.29, 1.82) is 0 Å². The predicted octanol–water partition coefficient (Wildman–Crippen LogP) is -1.00. The molecule has 0 amide bonds. The van der Waals surface area contributed by atoms with Crippen molar-refractivity contribution in [2.75, 3.05) is 24.7 Å². The zero-order valence-electron chi connectivity index (χ0n) is 27.5. The lowest BCUT2D eigenvalue weighted by Crippen LogP contribution is -2.27. The zero-order chi connectivity index (χ0) is 42.4. The number of carbonyl (C=O) groups is 4. The minimum Gasteiger partial charge on any atom is -0.382 e. The van der Waals surface area contributed by atoms with Crippen molar-refractivity contribution in [1.82, 2.24) is 39.0 Å². The van der Waals surface area contributed by atoms with Crippen molar-refractivity contribution in [2.45, 2.75) is 24.7 Å². The molecule has 0 aliphatic heterocycles. The second-order valence-electron chi connectivity index (χ2n) is 10.1. The van der Waals surface area contributed by atoms with Gasteiger partial charge in [-0.15, -0.1) is 0 Å². The van der Waals surface area contributed by atoms with Crippen LogP contribution in [-0.2, 0) is 77.8 Å². The molecule has 37 heteroatoms. The molecule has 4 aromatic rings. The number of aromatic nitrogens is 8. The van der Waals surface area contributed by atoms with Crippen LogP contribution in [0.4, 0.5) is 11.6 Å². The summed E-state index contributed by atoms with van der Waals surface area (Å²) in [5.74, 6) is -0.186. The van der Waals surface area contributed by atoms with Gasteiger partial charge in [-0.3, -0.25) is 27.8 Å². The maximum absolute atomic E-state index is 12.3. The van der Waals surface area contributed by atoms with Crippen molar-refractivity contribution in [3.8, 4) is 0 Å². The van der Waals surface area contributed by atoms with E-state index in [1.54, 1.807) is 0 Å². The molecule has 9 atom stereocenters. The number of carbonyl (C=O) groups excluding carboxylic acids is 4.